The van der Waals surface area contributed by atoms with Crippen LogP contribution in [0.5, 0.6) is 5.75 Å². The summed E-state index contributed by atoms with van der Waals surface area (Å²) in [4.78, 5) is 22.8. The molecule has 0 saturated heterocycles. The summed E-state index contributed by atoms with van der Waals surface area (Å²) in [7, 11) is 0. The lowest BCUT2D eigenvalue weighted by atomic mass is 9.99. The topological polar surface area (TPSA) is 74.6 Å². The number of carboxylic acids is 1. The van der Waals surface area contributed by atoms with Gasteiger partial charge in [0, 0.05) is 17.5 Å². The van der Waals surface area contributed by atoms with E-state index in [2.05, 4.69) is 0 Å². The Balaban J connectivity index is 2.27. The molecule has 20 heavy (non-hydrogen) atoms. The fraction of sp³-hybridized carbons (Fsp3) is 0.125. The molecular formula is C16H14O4. The molecule has 0 aliphatic heterocycles. The van der Waals surface area contributed by atoms with Crippen LogP contribution in [0.2, 0.25) is 0 Å². The molecule has 2 N–H and O–H groups in total. The Labute approximate surface area is 116 Å². The molecule has 102 valence electrons. The maximum absolute atomic E-state index is 12.2. The predicted octanol–water partition coefficient (Wildman–Crippen LogP) is 2.64. The van der Waals surface area contributed by atoms with Crippen LogP contribution in [0.25, 0.3) is 0 Å². The lowest BCUT2D eigenvalue weighted by Gasteiger charge is -2.06. The Morgan fingerprint density at radius 3 is 2.30 bits per heavy atom. The van der Waals surface area contributed by atoms with E-state index in [0.29, 0.717) is 16.7 Å². The molecule has 0 atom stereocenters. The van der Waals surface area contributed by atoms with Crippen molar-refractivity contribution < 1.29 is 19.8 Å². The van der Waals surface area contributed by atoms with Crippen molar-refractivity contribution >= 4 is 11.8 Å². The van der Waals surface area contributed by atoms with Crippen molar-refractivity contribution in [3.63, 3.8) is 0 Å². The highest BCUT2D eigenvalue weighted by Crippen LogP contribution is 2.21. The number of ketones is 1. The van der Waals surface area contributed by atoms with Gasteiger partial charge in [-0.2, -0.15) is 0 Å². The number of aryl methyl sites for hydroxylation is 1. The van der Waals surface area contributed by atoms with Gasteiger partial charge < -0.3 is 10.2 Å². The van der Waals surface area contributed by atoms with Crippen LogP contribution in [0.4, 0.5) is 0 Å². The van der Waals surface area contributed by atoms with Crippen molar-refractivity contribution in [2.75, 3.05) is 0 Å². The minimum absolute atomic E-state index is 0.0101. The van der Waals surface area contributed by atoms with E-state index in [1.165, 1.54) is 12.1 Å². The molecule has 0 bridgehead atoms. The van der Waals surface area contributed by atoms with Gasteiger partial charge in [0.1, 0.15) is 5.75 Å². The second-order valence-electron chi connectivity index (χ2n) is 4.43. The Morgan fingerprint density at radius 2 is 1.65 bits per heavy atom. The van der Waals surface area contributed by atoms with Gasteiger partial charge in [-0.15, -0.1) is 0 Å². The summed E-state index contributed by atoms with van der Waals surface area (Å²) in [5.74, 6) is -1.08. The zero-order chi connectivity index (χ0) is 14.5. The number of rotatable bonds is 5. The number of phenols is 1. The van der Waals surface area contributed by atoms with Crippen molar-refractivity contribution in [1.29, 1.82) is 0 Å². The zero-order valence-electron chi connectivity index (χ0n) is 10.7. The van der Waals surface area contributed by atoms with Crippen LogP contribution < -0.4 is 0 Å². The molecule has 0 aliphatic rings. The lowest BCUT2D eigenvalue weighted by Crippen LogP contribution is -2.03. The second kappa shape index (κ2) is 6.02. The predicted molar refractivity (Wildman–Crippen MR) is 73.9 cm³/mol. The molecule has 0 fully saturated rings. The maximum Gasteiger partial charge on any atom is 0.303 e. The molecule has 2 aromatic carbocycles. The largest absolute Gasteiger partial charge is 0.508 e. The van der Waals surface area contributed by atoms with E-state index in [-0.39, 0.29) is 24.4 Å². The maximum atomic E-state index is 12.2. The van der Waals surface area contributed by atoms with Crippen molar-refractivity contribution in [3.05, 3.63) is 65.2 Å². The highest BCUT2D eigenvalue weighted by atomic mass is 16.4. The molecule has 0 aliphatic carbocycles. The van der Waals surface area contributed by atoms with Gasteiger partial charge in [-0.25, -0.2) is 0 Å². The van der Waals surface area contributed by atoms with Gasteiger partial charge in [-0.1, -0.05) is 30.3 Å². The number of hydrogen-bond donors (Lipinski definition) is 2. The van der Waals surface area contributed by atoms with E-state index < -0.39 is 5.97 Å². The molecule has 4 heteroatoms. The summed E-state index contributed by atoms with van der Waals surface area (Å²) in [6, 6.07) is 13.3. The summed E-state index contributed by atoms with van der Waals surface area (Å²) in [5, 5.41) is 18.4. The number of aromatic hydroxyl groups is 1. The molecule has 2 rings (SSSR count). The monoisotopic (exact) mass is 270 g/mol. The van der Waals surface area contributed by atoms with Gasteiger partial charge in [0.2, 0.25) is 0 Å². The molecule has 0 saturated carbocycles. The lowest BCUT2D eigenvalue weighted by molar-refractivity contribution is -0.136. The fourth-order valence-corrected chi connectivity index (χ4v) is 1.92. The highest BCUT2D eigenvalue weighted by Gasteiger charge is 2.12. The zero-order valence-corrected chi connectivity index (χ0v) is 10.7. The second-order valence-corrected chi connectivity index (χ2v) is 4.43. The van der Waals surface area contributed by atoms with E-state index >= 15 is 0 Å². The molecule has 0 unspecified atom stereocenters. The quantitative estimate of drug-likeness (QED) is 0.819. The van der Waals surface area contributed by atoms with Crippen molar-refractivity contribution in [3.8, 4) is 5.75 Å². The molecule has 2 aromatic rings. The minimum atomic E-state index is -0.941. The first-order valence-electron chi connectivity index (χ1n) is 6.21. The summed E-state index contributed by atoms with van der Waals surface area (Å²) in [6.45, 7) is 0. The number of carboxylic acid groups (broad SMARTS) is 1. The number of carbonyl (C=O) groups excluding carboxylic acids is 1. The molecule has 0 aromatic heterocycles. The number of carbonyl (C=O) groups is 2. The van der Waals surface area contributed by atoms with Crippen LogP contribution in [0.1, 0.15) is 27.9 Å². The van der Waals surface area contributed by atoms with Crippen LogP contribution in [-0.2, 0) is 11.2 Å². The van der Waals surface area contributed by atoms with E-state index in [1.54, 1.807) is 30.3 Å². The summed E-state index contributed by atoms with van der Waals surface area (Å²) in [6.07, 6.45) is 0.105. The molecule has 0 radical (unpaired) electrons. The Kier molecular flexibility index (Phi) is 4.15. The first kappa shape index (κ1) is 13.8. The SMILES string of the molecule is O=C(O)CCc1cc(C(=O)c2ccccc2)ccc1O. The number of phenolic OH excluding ortho intramolecular Hbond substituents is 1. The molecule has 4 nitrogen and oxygen atoms in total. The van der Waals surface area contributed by atoms with E-state index in [0.717, 1.165) is 0 Å². The molecule has 0 heterocycles. The van der Waals surface area contributed by atoms with Gasteiger partial charge in [0.25, 0.3) is 0 Å². The van der Waals surface area contributed by atoms with Gasteiger partial charge in [0.05, 0.1) is 0 Å². The summed E-state index contributed by atoms with van der Waals surface area (Å²) in [5.41, 5.74) is 1.46. The van der Waals surface area contributed by atoms with Gasteiger partial charge >= 0.3 is 5.97 Å². The van der Waals surface area contributed by atoms with Crippen LogP contribution in [0, 0.1) is 0 Å². The van der Waals surface area contributed by atoms with E-state index in [1.807, 2.05) is 6.07 Å². The average Bonchev–Trinajstić information content (AvgIpc) is 2.46. The molecular weight excluding hydrogens is 256 g/mol. The van der Waals surface area contributed by atoms with E-state index in [4.69, 9.17) is 5.11 Å². The normalized spacial score (nSPS) is 10.2. The number of aliphatic carboxylic acids is 1. The van der Waals surface area contributed by atoms with Crippen molar-refractivity contribution in [2.24, 2.45) is 0 Å². The third kappa shape index (κ3) is 3.23. The smallest absolute Gasteiger partial charge is 0.303 e. The Morgan fingerprint density at radius 1 is 0.950 bits per heavy atom. The fourth-order valence-electron chi connectivity index (χ4n) is 1.92. The van der Waals surface area contributed by atoms with Crippen LogP contribution in [0.15, 0.2) is 48.5 Å². The number of benzene rings is 2. The van der Waals surface area contributed by atoms with Crippen LogP contribution >= 0.6 is 0 Å². The van der Waals surface area contributed by atoms with E-state index in [9.17, 15) is 14.7 Å². The minimum Gasteiger partial charge on any atom is -0.508 e. The standard InChI is InChI=1S/C16H14O4/c17-14-8-6-13(10-12(14)7-9-15(18)19)16(20)11-4-2-1-3-5-11/h1-6,8,10,17H,7,9H2,(H,18,19). The molecule has 0 amide bonds. The Hall–Kier alpha value is -2.62. The van der Waals surface area contributed by atoms with Gasteiger partial charge in [-0.3, -0.25) is 9.59 Å². The average molecular weight is 270 g/mol. The van der Waals surface area contributed by atoms with Crippen molar-refractivity contribution in [1.82, 2.24) is 0 Å². The van der Waals surface area contributed by atoms with Gasteiger partial charge in [0.15, 0.2) is 5.78 Å². The first-order valence-corrected chi connectivity index (χ1v) is 6.21. The third-order valence-corrected chi connectivity index (χ3v) is 2.99. The van der Waals surface area contributed by atoms with Crippen LogP contribution in [-0.4, -0.2) is 22.0 Å². The highest BCUT2D eigenvalue weighted by molar-refractivity contribution is 6.09. The van der Waals surface area contributed by atoms with Gasteiger partial charge in [-0.05, 0) is 30.2 Å². The number of hydrogen-bond acceptors (Lipinski definition) is 3. The van der Waals surface area contributed by atoms with Crippen LogP contribution in [0.3, 0.4) is 0 Å². The Bertz CT molecular complexity index is 632. The molecule has 0 spiro atoms. The first-order chi connectivity index (χ1) is 9.58. The van der Waals surface area contributed by atoms with Crippen molar-refractivity contribution in [2.45, 2.75) is 12.8 Å². The summed E-state index contributed by atoms with van der Waals surface area (Å²) < 4.78 is 0. The third-order valence-electron chi connectivity index (χ3n) is 2.99. The summed E-state index contributed by atoms with van der Waals surface area (Å²) >= 11 is 0.